The molecule has 0 spiro atoms. The summed E-state index contributed by atoms with van der Waals surface area (Å²) in [6.45, 7) is 7.88. The van der Waals surface area contributed by atoms with E-state index in [1.165, 1.54) is 0 Å². The van der Waals surface area contributed by atoms with E-state index in [1.54, 1.807) is 12.1 Å². The largest absolute Gasteiger partial charge is 0.468 e. The zero-order valence-corrected chi connectivity index (χ0v) is 15.0. The second-order valence-corrected chi connectivity index (χ2v) is 12.3. The van der Waals surface area contributed by atoms with E-state index in [4.69, 9.17) is 9.47 Å². The molecular formula is C19H24O3Si. The Kier molecular flexibility index (Phi) is 6.13. The van der Waals surface area contributed by atoms with Gasteiger partial charge in [-0.05, 0) is 18.2 Å². The first kappa shape index (κ1) is 17.4. The predicted molar refractivity (Wildman–Crippen MR) is 95.9 cm³/mol. The molecular weight excluding hydrogens is 304 g/mol. The first-order chi connectivity index (χ1) is 11.0. The van der Waals surface area contributed by atoms with Crippen LogP contribution < -0.4 is 4.74 Å². The van der Waals surface area contributed by atoms with E-state index in [2.05, 4.69) is 19.6 Å². The number of rotatable bonds is 8. The number of carbonyl (C=O) groups is 1. The minimum absolute atomic E-state index is 0.00398. The van der Waals surface area contributed by atoms with Crippen LogP contribution in [0.3, 0.4) is 0 Å². The maximum absolute atomic E-state index is 12.4. The number of carbonyl (C=O) groups excluding carboxylic acids is 1. The van der Waals surface area contributed by atoms with Crippen LogP contribution in [0.2, 0.25) is 25.7 Å². The molecule has 23 heavy (non-hydrogen) atoms. The van der Waals surface area contributed by atoms with Crippen LogP contribution >= 0.6 is 0 Å². The lowest BCUT2D eigenvalue weighted by molar-refractivity contribution is 0.0220. The van der Waals surface area contributed by atoms with Gasteiger partial charge in [0.25, 0.3) is 0 Å². The molecule has 4 heteroatoms. The van der Waals surface area contributed by atoms with E-state index in [0.717, 1.165) is 12.7 Å². The zero-order chi connectivity index (χ0) is 16.7. The lowest BCUT2D eigenvalue weighted by Gasteiger charge is -2.15. The van der Waals surface area contributed by atoms with Gasteiger partial charge in [0.2, 0.25) is 0 Å². The number of hydrogen-bond acceptors (Lipinski definition) is 3. The molecule has 0 radical (unpaired) electrons. The Bertz CT molecular complexity index is 633. The van der Waals surface area contributed by atoms with E-state index >= 15 is 0 Å². The minimum atomic E-state index is -1.07. The van der Waals surface area contributed by atoms with Gasteiger partial charge in [-0.1, -0.05) is 62.1 Å². The van der Waals surface area contributed by atoms with Crippen LogP contribution in [0, 0.1) is 0 Å². The highest BCUT2D eigenvalue weighted by Crippen LogP contribution is 2.17. The molecule has 0 saturated heterocycles. The molecule has 2 aromatic carbocycles. The molecule has 0 aliphatic heterocycles. The van der Waals surface area contributed by atoms with Gasteiger partial charge in [0.1, 0.15) is 5.75 Å². The van der Waals surface area contributed by atoms with E-state index in [1.807, 2.05) is 42.5 Å². The number of ketones is 1. The van der Waals surface area contributed by atoms with Crippen LogP contribution in [0.15, 0.2) is 54.6 Å². The van der Waals surface area contributed by atoms with Crippen LogP contribution in [-0.2, 0) is 4.74 Å². The highest BCUT2D eigenvalue weighted by molar-refractivity contribution is 6.76. The van der Waals surface area contributed by atoms with E-state index in [9.17, 15) is 4.79 Å². The summed E-state index contributed by atoms with van der Waals surface area (Å²) in [5.74, 6) is 0.649. The quantitative estimate of drug-likeness (QED) is 0.307. The van der Waals surface area contributed by atoms with Gasteiger partial charge in [0, 0.05) is 25.8 Å². The van der Waals surface area contributed by atoms with Gasteiger partial charge in [0.05, 0.1) is 0 Å². The molecule has 0 N–H and O–H groups in total. The maximum atomic E-state index is 12.4. The molecule has 0 saturated carbocycles. The highest BCUT2D eigenvalue weighted by atomic mass is 28.3. The molecule has 0 heterocycles. The van der Waals surface area contributed by atoms with Crippen molar-refractivity contribution in [3.05, 3.63) is 65.7 Å². The molecule has 0 fully saturated rings. The van der Waals surface area contributed by atoms with Crippen molar-refractivity contribution in [2.45, 2.75) is 25.7 Å². The summed E-state index contributed by atoms with van der Waals surface area (Å²) < 4.78 is 11.1. The zero-order valence-electron chi connectivity index (χ0n) is 14.0. The Hall–Kier alpha value is -1.91. The molecule has 2 rings (SSSR count). The van der Waals surface area contributed by atoms with Crippen molar-refractivity contribution in [1.82, 2.24) is 0 Å². The Balaban J connectivity index is 1.89. The summed E-state index contributed by atoms with van der Waals surface area (Å²) in [5.41, 5.74) is 1.30. The van der Waals surface area contributed by atoms with Gasteiger partial charge in [-0.15, -0.1) is 0 Å². The summed E-state index contributed by atoms with van der Waals surface area (Å²) in [6.07, 6.45) is 0. The highest BCUT2D eigenvalue weighted by Gasteiger charge is 2.12. The summed E-state index contributed by atoms with van der Waals surface area (Å²) in [7, 11) is -1.07. The number of hydrogen-bond donors (Lipinski definition) is 0. The van der Waals surface area contributed by atoms with Crippen molar-refractivity contribution >= 4 is 13.9 Å². The third-order valence-corrected chi connectivity index (χ3v) is 5.14. The maximum Gasteiger partial charge on any atom is 0.193 e. The lowest BCUT2D eigenvalue weighted by atomic mass is 10.0. The molecule has 2 aromatic rings. The average Bonchev–Trinajstić information content (AvgIpc) is 2.54. The second kappa shape index (κ2) is 8.08. The van der Waals surface area contributed by atoms with Crippen LogP contribution in [-0.4, -0.2) is 27.3 Å². The van der Waals surface area contributed by atoms with Crippen LogP contribution in [0.1, 0.15) is 15.9 Å². The van der Waals surface area contributed by atoms with Crippen molar-refractivity contribution in [2.75, 3.05) is 13.4 Å². The molecule has 122 valence electrons. The predicted octanol–water partition coefficient (Wildman–Crippen LogP) is 4.61. The van der Waals surface area contributed by atoms with Gasteiger partial charge < -0.3 is 9.47 Å². The van der Waals surface area contributed by atoms with Crippen molar-refractivity contribution in [1.29, 1.82) is 0 Å². The van der Waals surface area contributed by atoms with Crippen molar-refractivity contribution in [3.8, 4) is 5.75 Å². The normalized spacial score (nSPS) is 11.3. The molecule has 0 atom stereocenters. The van der Waals surface area contributed by atoms with Gasteiger partial charge in [-0.2, -0.15) is 0 Å². The second-order valence-electron chi connectivity index (χ2n) is 6.70. The average molecular weight is 328 g/mol. The Morgan fingerprint density at radius 2 is 1.65 bits per heavy atom. The summed E-state index contributed by atoms with van der Waals surface area (Å²) in [5, 5.41) is 0. The van der Waals surface area contributed by atoms with E-state index in [0.29, 0.717) is 16.9 Å². The van der Waals surface area contributed by atoms with Gasteiger partial charge in [-0.25, -0.2) is 0 Å². The number of ether oxygens (including phenoxy) is 2. The molecule has 0 bridgehead atoms. The van der Waals surface area contributed by atoms with Crippen LogP contribution in [0.5, 0.6) is 5.75 Å². The molecule has 0 amide bonds. The first-order valence-electron chi connectivity index (χ1n) is 7.86. The smallest absolute Gasteiger partial charge is 0.193 e. The number of benzene rings is 2. The lowest BCUT2D eigenvalue weighted by Crippen LogP contribution is -2.22. The topological polar surface area (TPSA) is 35.5 Å². The Labute approximate surface area is 139 Å². The fourth-order valence-electron chi connectivity index (χ4n) is 2.03. The molecule has 0 unspecified atom stereocenters. The SMILES string of the molecule is C[Si](C)(C)CCOCOc1cccc(C(=O)c2ccccc2)c1. The third kappa shape index (κ3) is 6.00. The molecule has 0 aliphatic rings. The van der Waals surface area contributed by atoms with Gasteiger partial charge in [0.15, 0.2) is 12.6 Å². The molecule has 3 nitrogen and oxygen atoms in total. The Morgan fingerprint density at radius 3 is 2.35 bits per heavy atom. The standard InChI is InChI=1S/C19H24O3Si/c1-23(2,3)13-12-21-15-22-18-11-7-10-17(14-18)19(20)16-8-5-4-6-9-16/h4-11,14H,12-13,15H2,1-3H3. The fraction of sp³-hybridized carbons (Fsp3) is 0.316. The third-order valence-electron chi connectivity index (χ3n) is 3.44. The van der Waals surface area contributed by atoms with Crippen molar-refractivity contribution in [3.63, 3.8) is 0 Å². The van der Waals surface area contributed by atoms with Gasteiger partial charge in [-0.3, -0.25) is 4.79 Å². The molecule has 0 aromatic heterocycles. The summed E-state index contributed by atoms with van der Waals surface area (Å²) >= 11 is 0. The van der Waals surface area contributed by atoms with Crippen molar-refractivity contribution in [2.24, 2.45) is 0 Å². The monoisotopic (exact) mass is 328 g/mol. The van der Waals surface area contributed by atoms with Gasteiger partial charge >= 0.3 is 0 Å². The van der Waals surface area contributed by atoms with E-state index < -0.39 is 8.07 Å². The summed E-state index contributed by atoms with van der Waals surface area (Å²) in [6, 6.07) is 17.6. The first-order valence-corrected chi connectivity index (χ1v) is 11.6. The van der Waals surface area contributed by atoms with Crippen LogP contribution in [0.25, 0.3) is 0 Å². The molecule has 0 aliphatic carbocycles. The van der Waals surface area contributed by atoms with Crippen LogP contribution in [0.4, 0.5) is 0 Å². The summed E-state index contributed by atoms with van der Waals surface area (Å²) in [4.78, 5) is 12.4. The fourth-order valence-corrected chi connectivity index (χ4v) is 2.79. The Morgan fingerprint density at radius 1 is 0.957 bits per heavy atom. The minimum Gasteiger partial charge on any atom is -0.468 e. The van der Waals surface area contributed by atoms with E-state index in [-0.39, 0.29) is 12.6 Å². The van der Waals surface area contributed by atoms with Crippen molar-refractivity contribution < 1.29 is 14.3 Å².